The summed E-state index contributed by atoms with van der Waals surface area (Å²) in [7, 11) is -3.16. The molecular formula is C14H21NO2S. The van der Waals surface area contributed by atoms with Gasteiger partial charge < -0.3 is 5.32 Å². The van der Waals surface area contributed by atoms with E-state index >= 15 is 0 Å². The predicted molar refractivity (Wildman–Crippen MR) is 74.8 cm³/mol. The van der Waals surface area contributed by atoms with Crippen molar-refractivity contribution < 1.29 is 8.42 Å². The maximum atomic E-state index is 12.2. The summed E-state index contributed by atoms with van der Waals surface area (Å²) < 4.78 is 24.4. The van der Waals surface area contributed by atoms with Crippen LogP contribution in [0.4, 0.5) is 5.69 Å². The molecule has 0 unspecified atom stereocenters. The highest BCUT2D eigenvalue weighted by atomic mass is 32.2. The van der Waals surface area contributed by atoms with Crippen molar-refractivity contribution in [3.05, 3.63) is 23.8 Å². The molecule has 1 aliphatic rings. The molecule has 1 N–H and O–H groups in total. The zero-order valence-corrected chi connectivity index (χ0v) is 12.3. The zero-order valence-electron chi connectivity index (χ0n) is 11.4. The van der Waals surface area contributed by atoms with Gasteiger partial charge in [0.1, 0.15) is 0 Å². The lowest BCUT2D eigenvalue weighted by Crippen LogP contribution is -2.18. The van der Waals surface area contributed by atoms with Gasteiger partial charge >= 0.3 is 0 Å². The molecule has 0 amide bonds. The van der Waals surface area contributed by atoms with E-state index in [2.05, 4.69) is 19.2 Å². The van der Waals surface area contributed by atoms with Gasteiger partial charge in [-0.05, 0) is 23.6 Å². The second-order valence-electron chi connectivity index (χ2n) is 6.12. The molecule has 1 aromatic carbocycles. The van der Waals surface area contributed by atoms with E-state index < -0.39 is 9.84 Å². The van der Waals surface area contributed by atoms with Crippen molar-refractivity contribution in [3.8, 4) is 0 Å². The Labute approximate surface area is 110 Å². The van der Waals surface area contributed by atoms with Crippen LogP contribution >= 0.6 is 0 Å². The Kier molecular flexibility index (Phi) is 3.18. The van der Waals surface area contributed by atoms with Gasteiger partial charge in [0.15, 0.2) is 9.84 Å². The Balaban J connectivity index is 2.40. The topological polar surface area (TPSA) is 46.2 Å². The molecule has 1 aromatic rings. The Morgan fingerprint density at radius 1 is 1.33 bits per heavy atom. The van der Waals surface area contributed by atoms with Crippen LogP contribution in [0.5, 0.6) is 0 Å². The largest absolute Gasteiger partial charge is 0.384 e. The van der Waals surface area contributed by atoms with E-state index in [1.54, 1.807) is 12.1 Å². The Morgan fingerprint density at radius 3 is 2.61 bits per heavy atom. The second-order valence-corrected chi connectivity index (χ2v) is 8.15. The molecular weight excluding hydrogens is 246 g/mol. The molecule has 0 atom stereocenters. The highest BCUT2D eigenvalue weighted by Gasteiger charge is 2.30. The first kappa shape index (κ1) is 13.4. The molecule has 3 nitrogen and oxygen atoms in total. The lowest BCUT2D eigenvalue weighted by Gasteiger charge is -2.17. The van der Waals surface area contributed by atoms with E-state index in [9.17, 15) is 8.42 Å². The van der Waals surface area contributed by atoms with Crippen LogP contribution < -0.4 is 5.32 Å². The quantitative estimate of drug-likeness (QED) is 0.916. The summed E-state index contributed by atoms with van der Waals surface area (Å²) in [5, 5.41) is 3.29. The summed E-state index contributed by atoms with van der Waals surface area (Å²) in [6.07, 6.45) is 0. The van der Waals surface area contributed by atoms with Crippen molar-refractivity contribution in [2.24, 2.45) is 5.92 Å². The average molecular weight is 267 g/mol. The molecule has 0 saturated heterocycles. The van der Waals surface area contributed by atoms with E-state index in [0.717, 1.165) is 12.2 Å². The number of benzene rings is 1. The van der Waals surface area contributed by atoms with Crippen molar-refractivity contribution in [1.29, 1.82) is 0 Å². The van der Waals surface area contributed by atoms with Gasteiger partial charge in [-0.2, -0.15) is 0 Å². The smallest absolute Gasteiger partial charge is 0.178 e. The Hall–Kier alpha value is -1.03. The number of nitrogens with one attached hydrogen (secondary N) is 1. The monoisotopic (exact) mass is 267 g/mol. The predicted octanol–water partition coefficient (Wildman–Crippen LogP) is 2.82. The first-order valence-electron chi connectivity index (χ1n) is 6.33. The van der Waals surface area contributed by atoms with Gasteiger partial charge in [0.2, 0.25) is 0 Å². The molecule has 0 radical (unpaired) electrons. The fraction of sp³-hybridized carbons (Fsp3) is 0.571. The van der Waals surface area contributed by atoms with Gasteiger partial charge in [-0.3, -0.25) is 0 Å². The average Bonchev–Trinajstić information content (AvgIpc) is 2.53. The number of anilines is 1. The molecule has 18 heavy (non-hydrogen) atoms. The zero-order chi connectivity index (χ0) is 13.6. The summed E-state index contributed by atoms with van der Waals surface area (Å²) >= 11 is 0. The molecule has 0 aromatic heterocycles. The summed E-state index contributed by atoms with van der Waals surface area (Å²) in [6, 6.07) is 5.47. The first-order chi connectivity index (χ1) is 8.22. The molecule has 4 heteroatoms. The molecule has 1 aliphatic heterocycles. The minimum Gasteiger partial charge on any atom is -0.384 e. The number of rotatable bonds is 3. The third kappa shape index (κ3) is 2.39. The van der Waals surface area contributed by atoms with Crippen LogP contribution in [-0.4, -0.2) is 20.7 Å². The highest BCUT2D eigenvalue weighted by molar-refractivity contribution is 7.91. The fourth-order valence-corrected chi connectivity index (χ4v) is 4.04. The SMILES string of the molecule is CC(C)CS(=O)(=O)c1ccc2c(c1)NCC2(C)C. The summed E-state index contributed by atoms with van der Waals surface area (Å²) in [5.74, 6) is 0.350. The summed E-state index contributed by atoms with van der Waals surface area (Å²) in [6.45, 7) is 9.02. The molecule has 2 rings (SSSR count). The molecule has 0 fully saturated rings. The number of hydrogen-bond donors (Lipinski definition) is 1. The van der Waals surface area contributed by atoms with Gasteiger partial charge in [-0.15, -0.1) is 0 Å². The van der Waals surface area contributed by atoms with Gasteiger partial charge in [-0.1, -0.05) is 33.8 Å². The summed E-state index contributed by atoms with van der Waals surface area (Å²) in [5.41, 5.74) is 2.24. The van der Waals surface area contributed by atoms with Crippen LogP contribution in [0.3, 0.4) is 0 Å². The molecule has 100 valence electrons. The maximum Gasteiger partial charge on any atom is 0.178 e. The second kappa shape index (κ2) is 4.26. The van der Waals surface area contributed by atoms with Gasteiger partial charge in [-0.25, -0.2) is 8.42 Å². The van der Waals surface area contributed by atoms with E-state index in [1.807, 2.05) is 19.9 Å². The third-order valence-electron chi connectivity index (χ3n) is 3.35. The Morgan fingerprint density at radius 2 is 2.00 bits per heavy atom. The molecule has 0 aliphatic carbocycles. The van der Waals surface area contributed by atoms with E-state index in [0.29, 0.717) is 4.90 Å². The normalized spacial score (nSPS) is 17.6. The molecule has 1 heterocycles. The van der Waals surface area contributed by atoms with Gasteiger partial charge in [0, 0.05) is 17.6 Å². The van der Waals surface area contributed by atoms with Crippen LogP contribution in [0.15, 0.2) is 23.1 Å². The fourth-order valence-electron chi connectivity index (χ4n) is 2.40. The van der Waals surface area contributed by atoms with Crippen LogP contribution in [0, 0.1) is 5.92 Å². The lowest BCUT2D eigenvalue weighted by atomic mass is 9.87. The summed E-state index contributed by atoms with van der Waals surface area (Å²) in [4.78, 5) is 0.431. The molecule has 0 saturated carbocycles. The number of sulfone groups is 1. The van der Waals surface area contributed by atoms with E-state index in [4.69, 9.17) is 0 Å². The van der Waals surface area contributed by atoms with E-state index in [1.165, 1.54) is 5.56 Å². The Bertz CT molecular complexity index is 559. The van der Waals surface area contributed by atoms with Crippen molar-refractivity contribution in [1.82, 2.24) is 0 Å². The number of fused-ring (bicyclic) bond motifs is 1. The van der Waals surface area contributed by atoms with Crippen molar-refractivity contribution in [2.75, 3.05) is 17.6 Å². The molecule has 0 bridgehead atoms. The van der Waals surface area contributed by atoms with Crippen LogP contribution in [0.1, 0.15) is 33.3 Å². The van der Waals surface area contributed by atoms with Crippen LogP contribution in [0.2, 0.25) is 0 Å². The standard InChI is InChI=1S/C14H21NO2S/c1-10(2)8-18(16,17)11-5-6-12-13(7-11)15-9-14(12,3)4/h5-7,10,15H,8-9H2,1-4H3. The number of hydrogen-bond acceptors (Lipinski definition) is 3. The minimum absolute atomic E-state index is 0.0790. The van der Waals surface area contributed by atoms with E-state index in [-0.39, 0.29) is 17.1 Å². The highest BCUT2D eigenvalue weighted by Crippen LogP contribution is 2.37. The van der Waals surface area contributed by atoms with Crippen molar-refractivity contribution in [2.45, 2.75) is 38.0 Å². The van der Waals surface area contributed by atoms with Crippen LogP contribution in [-0.2, 0) is 15.3 Å². The minimum atomic E-state index is -3.16. The van der Waals surface area contributed by atoms with Crippen molar-refractivity contribution >= 4 is 15.5 Å². The molecule has 0 spiro atoms. The lowest BCUT2D eigenvalue weighted by molar-refractivity contribution is 0.580. The third-order valence-corrected chi connectivity index (χ3v) is 5.43. The van der Waals surface area contributed by atoms with Crippen molar-refractivity contribution in [3.63, 3.8) is 0 Å². The van der Waals surface area contributed by atoms with Gasteiger partial charge in [0.05, 0.1) is 10.6 Å². The van der Waals surface area contributed by atoms with Gasteiger partial charge in [0.25, 0.3) is 0 Å². The van der Waals surface area contributed by atoms with Crippen LogP contribution in [0.25, 0.3) is 0 Å². The first-order valence-corrected chi connectivity index (χ1v) is 7.99. The maximum absolute atomic E-state index is 12.2.